The van der Waals surface area contributed by atoms with E-state index in [2.05, 4.69) is 25.9 Å². The second kappa shape index (κ2) is 6.45. The van der Waals surface area contributed by atoms with Crippen molar-refractivity contribution < 1.29 is 14.6 Å². The van der Waals surface area contributed by atoms with Crippen molar-refractivity contribution in [2.45, 2.75) is 20.4 Å². The van der Waals surface area contributed by atoms with Crippen LogP contribution in [0.5, 0.6) is 0 Å². The van der Waals surface area contributed by atoms with Gasteiger partial charge in [-0.3, -0.25) is 9.20 Å². The van der Waals surface area contributed by atoms with Gasteiger partial charge in [0.05, 0.1) is 19.4 Å². The number of carboxylic acid groups (broad SMARTS) is 1. The Morgan fingerprint density at radius 2 is 2.08 bits per heavy atom. The van der Waals surface area contributed by atoms with Crippen LogP contribution in [-0.2, 0) is 16.1 Å². The highest BCUT2D eigenvalue weighted by Gasteiger charge is 2.34. The van der Waals surface area contributed by atoms with Crippen molar-refractivity contribution in [3.8, 4) is 11.5 Å². The van der Waals surface area contributed by atoms with Crippen LogP contribution in [0.1, 0.15) is 13.8 Å². The van der Waals surface area contributed by atoms with Gasteiger partial charge in [-0.25, -0.2) is 9.97 Å². The van der Waals surface area contributed by atoms with Gasteiger partial charge < -0.3 is 14.4 Å². The molecule has 7 nitrogen and oxygen atoms in total. The molecule has 126 valence electrons. The summed E-state index contributed by atoms with van der Waals surface area (Å²) in [6, 6.07) is 6.00. The zero-order valence-electron chi connectivity index (χ0n) is 13.7. The van der Waals surface area contributed by atoms with E-state index in [1.165, 1.54) is 0 Å². The second-order valence-electron chi connectivity index (χ2n) is 6.27. The molecule has 1 saturated heterocycles. The van der Waals surface area contributed by atoms with Crippen molar-refractivity contribution in [2.75, 3.05) is 13.2 Å². The zero-order valence-corrected chi connectivity index (χ0v) is 13.7. The van der Waals surface area contributed by atoms with Gasteiger partial charge in [0.2, 0.25) is 0 Å². The first-order valence-electron chi connectivity index (χ1n) is 7.69. The van der Waals surface area contributed by atoms with Crippen molar-refractivity contribution in [2.24, 2.45) is 5.41 Å². The minimum atomic E-state index is -0.833. The molecule has 1 aliphatic heterocycles. The average molecular weight is 328 g/mol. The smallest absolute Gasteiger partial charge is 0.300 e. The molecule has 4 heterocycles. The third kappa shape index (κ3) is 3.30. The molecule has 3 aromatic heterocycles. The van der Waals surface area contributed by atoms with Crippen molar-refractivity contribution in [1.82, 2.24) is 18.9 Å². The number of hydrogen-bond donors (Lipinski definition) is 1. The van der Waals surface area contributed by atoms with Crippen LogP contribution in [0.3, 0.4) is 0 Å². The molecule has 0 aliphatic carbocycles. The number of rotatable bonds is 3. The zero-order chi connectivity index (χ0) is 17.2. The molecule has 1 fully saturated rings. The van der Waals surface area contributed by atoms with Crippen LogP contribution < -0.4 is 0 Å². The molecule has 3 aromatic rings. The largest absolute Gasteiger partial charge is 0.481 e. The number of nitrogens with zero attached hydrogens (tertiary/aromatic N) is 4. The second-order valence-corrected chi connectivity index (χ2v) is 6.27. The Morgan fingerprint density at radius 3 is 2.75 bits per heavy atom. The Labute approximate surface area is 139 Å². The standard InChI is InChI=1S/C15H16N4O.C2H4O2/c1-15(10-20-11-15)9-18-7-5-16-14(18)12-8-17-13-4-2-3-6-19(12)13;1-2(3)4/h2-8H,9-11H2,1H3;1H3,(H,3,4). The Morgan fingerprint density at radius 1 is 1.33 bits per heavy atom. The third-order valence-corrected chi connectivity index (χ3v) is 3.81. The molecule has 0 spiro atoms. The summed E-state index contributed by atoms with van der Waals surface area (Å²) in [7, 11) is 0. The summed E-state index contributed by atoms with van der Waals surface area (Å²) in [6.07, 6.45) is 7.78. The quantitative estimate of drug-likeness (QED) is 0.798. The van der Waals surface area contributed by atoms with E-state index in [0.29, 0.717) is 0 Å². The van der Waals surface area contributed by atoms with E-state index in [-0.39, 0.29) is 5.41 Å². The molecule has 0 unspecified atom stereocenters. The monoisotopic (exact) mass is 328 g/mol. The molecule has 0 atom stereocenters. The normalized spacial score (nSPS) is 15.4. The number of hydrogen-bond acceptors (Lipinski definition) is 4. The molecule has 0 saturated carbocycles. The van der Waals surface area contributed by atoms with Gasteiger partial charge in [-0.2, -0.15) is 0 Å². The van der Waals surface area contributed by atoms with E-state index in [1.807, 2.05) is 43.0 Å². The van der Waals surface area contributed by atoms with Crippen molar-refractivity contribution in [3.05, 3.63) is 43.0 Å². The molecule has 1 aliphatic rings. The van der Waals surface area contributed by atoms with Crippen LogP contribution in [0.15, 0.2) is 43.0 Å². The van der Waals surface area contributed by atoms with Gasteiger partial charge in [-0.1, -0.05) is 13.0 Å². The van der Waals surface area contributed by atoms with Gasteiger partial charge in [-0.15, -0.1) is 0 Å². The highest BCUT2D eigenvalue weighted by Crippen LogP contribution is 2.30. The molecule has 0 aromatic carbocycles. The third-order valence-electron chi connectivity index (χ3n) is 3.81. The molecule has 1 N–H and O–H groups in total. The van der Waals surface area contributed by atoms with E-state index in [4.69, 9.17) is 14.6 Å². The summed E-state index contributed by atoms with van der Waals surface area (Å²) in [4.78, 5) is 17.9. The topological polar surface area (TPSA) is 81.6 Å². The lowest BCUT2D eigenvalue weighted by atomic mass is 9.88. The minimum absolute atomic E-state index is 0.218. The van der Waals surface area contributed by atoms with Gasteiger partial charge >= 0.3 is 0 Å². The van der Waals surface area contributed by atoms with Crippen LogP contribution in [-0.4, -0.2) is 43.2 Å². The predicted octanol–water partition coefficient (Wildman–Crippen LogP) is 2.33. The first kappa shape index (κ1) is 16.2. The molecule has 4 rings (SSSR count). The fourth-order valence-electron chi connectivity index (χ4n) is 2.72. The van der Waals surface area contributed by atoms with Gasteiger partial charge in [0, 0.05) is 37.5 Å². The summed E-state index contributed by atoms with van der Waals surface area (Å²) in [5, 5.41) is 7.42. The number of aromatic nitrogens is 4. The fourth-order valence-corrected chi connectivity index (χ4v) is 2.72. The molecule has 7 heteroatoms. The maximum absolute atomic E-state index is 9.00. The van der Waals surface area contributed by atoms with E-state index in [1.54, 1.807) is 0 Å². The Kier molecular flexibility index (Phi) is 4.35. The number of ether oxygens (including phenoxy) is 1. The van der Waals surface area contributed by atoms with Crippen LogP contribution in [0.2, 0.25) is 0 Å². The average Bonchev–Trinajstić information content (AvgIpc) is 3.11. The van der Waals surface area contributed by atoms with Crippen LogP contribution in [0.4, 0.5) is 0 Å². The number of fused-ring (bicyclic) bond motifs is 1. The number of pyridine rings is 1. The summed E-state index contributed by atoms with van der Waals surface area (Å²) in [5.41, 5.74) is 2.18. The first-order valence-corrected chi connectivity index (χ1v) is 7.69. The Hall–Kier alpha value is -2.67. The highest BCUT2D eigenvalue weighted by molar-refractivity contribution is 5.63. The van der Waals surface area contributed by atoms with E-state index in [9.17, 15) is 0 Å². The molecule has 24 heavy (non-hydrogen) atoms. The van der Waals surface area contributed by atoms with Crippen LogP contribution >= 0.6 is 0 Å². The van der Waals surface area contributed by atoms with E-state index >= 15 is 0 Å². The molecular weight excluding hydrogens is 308 g/mol. The maximum Gasteiger partial charge on any atom is 0.300 e. The summed E-state index contributed by atoms with van der Waals surface area (Å²) in [6.45, 7) is 5.88. The fraction of sp³-hybridized carbons (Fsp3) is 0.353. The minimum Gasteiger partial charge on any atom is -0.481 e. The summed E-state index contributed by atoms with van der Waals surface area (Å²) >= 11 is 0. The Balaban J connectivity index is 0.000000383. The van der Waals surface area contributed by atoms with Crippen molar-refractivity contribution in [1.29, 1.82) is 0 Å². The maximum atomic E-state index is 9.00. The van der Waals surface area contributed by atoms with Gasteiger partial charge in [-0.05, 0) is 12.1 Å². The lowest BCUT2D eigenvalue weighted by Crippen LogP contribution is -2.43. The van der Waals surface area contributed by atoms with Gasteiger partial charge in [0.25, 0.3) is 5.97 Å². The van der Waals surface area contributed by atoms with Crippen LogP contribution in [0.25, 0.3) is 17.2 Å². The van der Waals surface area contributed by atoms with Gasteiger partial charge in [0.1, 0.15) is 11.3 Å². The van der Waals surface area contributed by atoms with E-state index in [0.717, 1.165) is 43.8 Å². The SMILES string of the molecule is CC(=O)O.CC1(Cn2ccnc2-c2cnc3ccccn23)COC1. The number of carbonyl (C=O) groups is 1. The summed E-state index contributed by atoms with van der Waals surface area (Å²) in [5.74, 6) is 0.122. The van der Waals surface area contributed by atoms with Crippen molar-refractivity contribution >= 4 is 11.6 Å². The molecule has 0 amide bonds. The van der Waals surface area contributed by atoms with E-state index < -0.39 is 5.97 Å². The van der Waals surface area contributed by atoms with Crippen molar-refractivity contribution in [3.63, 3.8) is 0 Å². The Bertz CT molecular complexity index is 844. The number of imidazole rings is 2. The number of carboxylic acids is 1. The predicted molar refractivity (Wildman–Crippen MR) is 88.6 cm³/mol. The lowest BCUT2D eigenvalue weighted by molar-refractivity contribution is -0.134. The lowest BCUT2D eigenvalue weighted by Gasteiger charge is -2.38. The molecule has 0 bridgehead atoms. The van der Waals surface area contributed by atoms with Gasteiger partial charge in [0.15, 0.2) is 5.82 Å². The first-order chi connectivity index (χ1) is 11.5. The molecular formula is C17H20N4O3. The molecule has 0 radical (unpaired) electrons. The highest BCUT2D eigenvalue weighted by atomic mass is 16.5. The summed E-state index contributed by atoms with van der Waals surface area (Å²) < 4.78 is 9.60. The van der Waals surface area contributed by atoms with Crippen LogP contribution in [0, 0.1) is 5.41 Å². The number of aliphatic carboxylic acids is 1.